The summed E-state index contributed by atoms with van der Waals surface area (Å²) in [4.78, 5) is 28.3. The molecule has 1 aromatic rings. The van der Waals surface area contributed by atoms with Gasteiger partial charge < -0.3 is 20.4 Å². The normalized spacial score (nSPS) is 21.0. The molecule has 0 saturated carbocycles. The molecule has 130 valence electrons. The van der Waals surface area contributed by atoms with Gasteiger partial charge in [0.15, 0.2) is 0 Å². The van der Waals surface area contributed by atoms with Gasteiger partial charge >= 0.3 is 0 Å². The minimum Gasteiger partial charge on any atom is -0.368 e. The summed E-state index contributed by atoms with van der Waals surface area (Å²) in [5, 5.41) is 6.65. The summed E-state index contributed by atoms with van der Waals surface area (Å²) in [6.07, 6.45) is 0.847. The second-order valence-electron chi connectivity index (χ2n) is 6.25. The first-order valence-electron chi connectivity index (χ1n) is 8.40. The van der Waals surface area contributed by atoms with E-state index in [2.05, 4.69) is 15.5 Å². The molecule has 2 aliphatic heterocycles. The van der Waals surface area contributed by atoms with E-state index in [0.717, 1.165) is 36.8 Å². The topological polar surface area (TPSA) is 64.7 Å². The number of anilines is 1. The van der Waals surface area contributed by atoms with Crippen LogP contribution in [-0.4, -0.2) is 62.5 Å². The van der Waals surface area contributed by atoms with Gasteiger partial charge in [-0.15, -0.1) is 0 Å². The van der Waals surface area contributed by atoms with Gasteiger partial charge in [-0.05, 0) is 37.2 Å². The Morgan fingerprint density at radius 2 is 1.88 bits per heavy atom. The molecule has 1 atom stereocenters. The van der Waals surface area contributed by atoms with E-state index in [-0.39, 0.29) is 24.3 Å². The number of carbonyl (C=O) groups excluding carboxylic acids is 2. The molecule has 6 nitrogen and oxygen atoms in total. The van der Waals surface area contributed by atoms with Crippen molar-refractivity contribution in [3.63, 3.8) is 0 Å². The quantitative estimate of drug-likeness (QED) is 0.839. The zero-order chi connectivity index (χ0) is 16.9. The van der Waals surface area contributed by atoms with Crippen molar-refractivity contribution in [2.45, 2.75) is 6.42 Å². The molecule has 7 heteroatoms. The van der Waals surface area contributed by atoms with Crippen molar-refractivity contribution in [1.29, 1.82) is 0 Å². The molecule has 1 unspecified atom stereocenters. The molecule has 1 aromatic carbocycles. The highest BCUT2D eigenvalue weighted by Gasteiger charge is 2.25. The molecule has 2 heterocycles. The molecular formula is C17H23ClN4O2. The maximum Gasteiger partial charge on any atom is 0.242 e. The van der Waals surface area contributed by atoms with Gasteiger partial charge in [0.05, 0.1) is 12.5 Å². The highest BCUT2D eigenvalue weighted by molar-refractivity contribution is 6.30. The number of nitrogens with zero attached hydrogens (tertiary/aromatic N) is 2. The highest BCUT2D eigenvalue weighted by Crippen LogP contribution is 2.19. The van der Waals surface area contributed by atoms with Gasteiger partial charge in [-0.25, -0.2) is 0 Å². The first-order valence-corrected chi connectivity index (χ1v) is 8.78. The first kappa shape index (κ1) is 17.0. The molecule has 2 saturated heterocycles. The van der Waals surface area contributed by atoms with Crippen molar-refractivity contribution in [2.24, 2.45) is 5.92 Å². The molecule has 0 radical (unpaired) electrons. The molecule has 3 rings (SSSR count). The molecule has 2 aliphatic rings. The van der Waals surface area contributed by atoms with E-state index >= 15 is 0 Å². The Morgan fingerprint density at radius 1 is 1.17 bits per heavy atom. The lowest BCUT2D eigenvalue weighted by Crippen LogP contribution is -2.51. The Bertz CT molecular complexity index is 579. The summed E-state index contributed by atoms with van der Waals surface area (Å²) < 4.78 is 0. The lowest BCUT2D eigenvalue weighted by atomic mass is 10.1. The van der Waals surface area contributed by atoms with Gasteiger partial charge in [0, 0.05) is 43.4 Å². The molecular weight excluding hydrogens is 328 g/mol. The van der Waals surface area contributed by atoms with Gasteiger partial charge in [-0.1, -0.05) is 11.6 Å². The van der Waals surface area contributed by atoms with Crippen LogP contribution in [0, 0.1) is 5.92 Å². The monoisotopic (exact) mass is 350 g/mol. The van der Waals surface area contributed by atoms with Crippen LogP contribution in [0.15, 0.2) is 24.3 Å². The number of halogens is 1. The first-order chi connectivity index (χ1) is 11.6. The number of hydrogen-bond acceptors (Lipinski definition) is 4. The maximum absolute atomic E-state index is 12.3. The van der Waals surface area contributed by atoms with Gasteiger partial charge in [-0.3, -0.25) is 9.59 Å². The molecule has 2 N–H and O–H groups in total. The summed E-state index contributed by atoms with van der Waals surface area (Å²) in [5.41, 5.74) is 1.12. The largest absolute Gasteiger partial charge is 0.368 e. The summed E-state index contributed by atoms with van der Waals surface area (Å²) in [6.45, 7) is 4.58. The fourth-order valence-electron chi connectivity index (χ4n) is 3.16. The number of piperazine rings is 1. The third-order valence-electron chi connectivity index (χ3n) is 4.67. The van der Waals surface area contributed by atoms with E-state index in [1.54, 1.807) is 0 Å². The van der Waals surface area contributed by atoms with Crippen LogP contribution in [0.5, 0.6) is 0 Å². The van der Waals surface area contributed by atoms with Crippen molar-refractivity contribution >= 4 is 29.1 Å². The van der Waals surface area contributed by atoms with E-state index in [9.17, 15) is 9.59 Å². The van der Waals surface area contributed by atoms with Crippen molar-refractivity contribution in [2.75, 3.05) is 50.7 Å². The minimum absolute atomic E-state index is 0.000415. The van der Waals surface area contributed by atoms with Gasteiger partial charge in [0.25, 0.3) is 0 Å². The Hall–Kier alpha value is -1.79. The van der Waals surface area contributed by atoms with Crippen molar-refractivity contribution in [3.05, 3.63) is 29.3 Å². The summed E-state index contributed by atoms with van der Waals surface area (Å²) >= 11 is 5.91. The molecule has 24 heavy (non-hydrogen) atoms. The number of nitrogens with one attached hydrogen (secondary N) is 2. The van der Waals surface area contributed by atoms with Crippen LogP contribution in [0.25, 0.3) is 0 Å². The lowest BCUT2D eigenvalue weighted by Gasteiger charge is -2.36. The van der Waals surface area contributed by atoms with E-state index in [1.165, 1.54) is 0 Å². The smallest absolute Gasteiger partial charge is 0.242 e. The predicted octanol–water partition coefficient (Wildman–Crippen LogP) is 0.714. The van der Waals surface area contributed by atoms with Crippen molar-refractivity contribution in [3.8, 4) is 0 Å². The third kappa shape index (κ3) is 4.19. The fourth-order valence-corrected chi connectivity index (χ4v) is 3.29. The standard InChI is InChI=1S/C17H23ClN4O2/c18-14-1-3-15(4-2-14)21-7-9-22(10-8-21)16(23)12-20-17(24)13-5-6-19-11-13/h1-4,13,19H,5-12H2,(H,20,24). The van der Waals surface area contributed by atoms with E-state index in [4.69, 9.17) is 11.6 Å². The Balaban J connectivity index is 1.43. The van der Waals surface area contributed by atoms with E-state index in [1.807, 2.05) is 29.2 Å². The zero-order valence-electron chi connectivity index (χ0n) is 13.6. The van der Waals surface area contributed by atoms with Gasteiger partial charge in [-0.2, -0.15) is 0 Å². The van der Waals surface area contributed by atoms with Crippen LogP contribution in [0.4, 0.5) is 5.69 Å². The molecule has 0 aliphatic carbocycles. The number of rotatable bonds is 4. The minimum atomic E-state index is -0.0202. The van der Waals surface area contributed by atoms with Gasteiger partial charge in [0.2, 0.25) is 11.8 Å². The fraction of sp³-hybridized carbons (Fsp3) is 0.529. The summed E-state index contributed by atoms with van der Waals surface area (Å²) in [7, 11) is 0. The third-order valence-corrected chi connectivity index (χ3v) is 4.92. The highest BCUT2D eigenvalue weighted by atomic mass is 35.5. The molecule has 2 fully saturated rings. The van der Waals surface area contributed by atoms with Crippen LogP contribution in [-0.2, 0) is 9.59 Å². The Kier molecular flexibility index (Phi) is 5.58. The predicted molar refractivity (Wildman–Crippen MR) is 94.2 cm³/mol. The van der Waals surface area contributed by atoms with Crippen molar-refractivity contribution < 1.29 is 9.59 Å². The number of carbonyl (C=O) groups is 2. The lowest BCUT2D eigenvalue weighted by molar-refractivity contribution is -0.134. The summed E-state index contributed by atoms with van der Waals surface area (Å²) in [6, 6.07) is 7.75. The van der Waals surface area contributed by atoms with Crippen LogP contribution in [0.2, 0.25) is 5.02 Å². The molecule has 0 aromatic heterocycles. The van der Waals surface area contributed by atoms with Crippen LogP contribution >= 0.6 is 11.6 Å². The van der Waals surface area contributed by atoms with Crippen LogP contribution < -0.4 is 15.5 Å². The van der Waals surface area contributed by atoms with Crippen molar-refractivity contribution in [1.82, 2.24) is 15.5 Å². The maximum atomic E-state index is 12.3. The second kappa shape index (κ2) is 7.85. The molecule has 2 amide bonds. The molecule has 0 spiro atoms. The number of hydrogen-bond donors (Lipinski definition) is 2. The van der Waals surface area contributed by atoms with Gasteiger partial charge in [0.1, 0.15) is 0 Å². The Morgan fingerprint density at radius 3 is 2.50 bits per heavy atom. The second-order valence-corrected chi connectivity index (χ2v) is 6.69. The Labute approximate surface area is 147 Å². The molecule has 0 bridgehead atoms. The summed E-state index contributed by atoms with van der Waals surface area (Å²) in [5.74, 6) is -0.0298. The average molecular weight is 351 g/mol. The SMILES string of the molecule is O=C(NCC(=O)N1CCN(c2ccc(Cl)cc2)CC1)C1CCNC1. The number of benzene rings is 1. The average Bonchev–Trinajstić information content (AvgIpc) is 3.15. The zero-order valence-corrected chi connectivity index (χ0v) is 14.4. The number of amides is 2. The van der Waals surface area contributed by atoms with E-state index < -0.39 is 0 Å². The van der Waals surface area contributed by atoms with Crippen LogP contribution in [0.1, 0.15) is 6.42 Å². The van der Waals surface area contributed by atoms with Crippen LogP contribution in [0.3, 0.4) is 0 Å². The van der Waals surface area contributed by atoms with E-state index in [0.29, 0.717) is 19.6 Å².